The molecule has 19 heavy (non-hydrogen) atoms. The summed E-state index contributed by atoms with van der Waals surface area (Å²) in [5.74, 6) is -0.140. The van der Waals surface area contributed by atoms with Crippen molar-refractivity contribution in [2.45, 2.75) is 32.2 Å². The number of rotatable bonds is 9. The summed E-state index contributed by atoms with van der Waals surface area (Å²) in [6.45, 7) is 2.81. The van der Waals surface area contributed by atoms with Crippen molar-refractivity contribution in [1.29, 1.82) is 0 Å². The number of carbonyl (C=O) groups is 1. The predicted molar refractivity (Wildman–Crippen MR) is 74.8 cm³/mol. The molecule has 1 aromatic carbocycles. The zero-order valence-electron chi connectivity index (χ0n) is 11.5. The lowest BCUT2D eigenvalue weighted by Crippen LogP contribution is -2.32. The Morgan fingerprint density at radius 1 is 1.37 bits per heavy atom. The van der Waals surface area contributed by atoms with Crippen LogP contribution in [0.5, 0.6) is 0 Å². The van der Waals surface area contributed by atoms with Crippen LogP contribution in [0.1, 0.15) is 37.8 Å². The van der Waals surface area contributed by atoms with E-state index in [9.17, 15) is 4.79 Å². The smallest absolute Gasteiger partial charge is 0.246 e. The zero-order chi connectivity index (χ0) is 13.9. The van der Waals surface area contributed by atoms with E-state index < -0.39 is 0 Å². The minimum absolute atomic E-state index is 0.0382. The Kier molecular flexibility index (Phi) is 7.86. The van der Waals surface area contributed by atoms with Gasteiger partial charge in [-0.25, -0.2) is 0 Å². The van der Waals surface area contributed by atoms with Crippen LogP contribution in [0, 0.1) is 0 Å². The maximum atomic E-state index is 11.7. The standard InChI is InChI=1S/C15H23NO3/c1-2-3-11-19-12-15(18)16-14(9-10-17)13-7-5-4-6-8-13/h4-8,14,17H,2-3,9-12H2,1H3,(H,16,18)/t14-/m1/s1. The van der Waals surface area contributed by atoms with E-state index in [-0.39, 0.29) is 25.2 Å². The second-order valence-electron chi connectivity index (χ2n) is 4.45. The van der Waals surface area contributed by atoms with Crippen LogP contribution < -0.4 is 5.32 Å². The fourth-order valence-electron chi connectivity index (χ4n) is 1.78. The maximum Gasteiger partial charge on any atom is 0.246 e. The Bertz CT molecular complexity index is 354. The van der Waals surface area contributed by atoms with Crippen molar-refractivity contribution in [3.8, 4) is 0 Å². The number of hydrogen-bond donors (Lipinski definition) is 2. The quantitative estimate of drug-likeness (QED) is 0.672. The average molecular weight is 265 g/mol. The third-order valence-electron chi connectivity index (χ3n) is 2.83. The van der Waals surface area contributed by atoms with E-state index in [1.165, 1.54) is 0 Å². The maximum absolute atomic E-state index is 11.7. The number of aliphatic hydroxyl groups is 1. The molecule has 0 saturated carbocycles. The van der Waals surface area contributed by atoms with E-state index in [0.717, 1.165) is 18.4 Å². The molecule has 2 N–H and O–H groups in total. The van der Waals surface area contributed by atoms with E-state index in [1.54, 1.807) is 0 Å². The van der Waals surface area contributed by atoms with Gasteiger partial charge in [-0.15, -0.1) is 0 Å². The predicted octanol–water partition coefficient (Wildman–Crippen LogP) is 2.04. The Morgan fingerprint density at radius 3 is 2.74 bits per heavy atom. The topological polar surface area (TPSA) is 58.6 Å². The summed E-state index contributed by atoms with van der Waals surface area (Å²) in [6, 6.07) is 9.49. The molecule has 0 fully saturated rings. The molecule has 1 amide bonds. The first-order valence-corrected chi connectivity index (χ1v) is 6.80. The van der Waals surface area contributed by atoms with Gasteiger partial charge in [-0.3, -0.25) is 4.79 Å². The molecule has 0 aromatic heterocycles. The summed E-state index contributed by atoms with van der Waals surface area (Å²) < 4.78 is 5.28. The lowest BCUT2D eigenvalue weighted by Gasteiger charge is -2.18. The van der Waals surface area contributed by atoms with Crippen LogP contribution in [0.4, 0.5) is 0 Å². The molecule has 0 heterocycles. The van der Waals surface area contributed by atoms with Crippen LogP contribution in [-0.4, -0.2) is 30.8 Å². The van der Waals surface area contributed by atoms with Crippen molar-refractivity contribution in [3.05, 3.63) is 35.9 Å². The highest BCUT2D eigenvalue weighted by atomic mass is 16.5. The molecule has 0 aliphatic heterocycles. The van der Waals surface area contributed by atoms with Gasteiger partial charge in [0.25, 0.3) is 0 Å². The minimum Gasteiger partial charge on any atom is -0.396 e. The molecule has 0 bridgehead atoms. The SMILES string of the molecule is CCCCOCC(=O)N[C@H](CCO)c1ccccc1. The van der Waals surface area contributed by atoms with Gasteiger partial charge in [-0.2, -0.15) is 0 Å². The molecule has 0 spiro atoms. The van der Waals surface area contributed by atoms with Crippen LogP contribution in [0.3, 0.4) is 0 Å². The van der Waals surface area contributed by atoms with Gasteiger partial charge < -0.3 is 15.2 Å². The molecule has 0 unspecified atom stereocenters. The second kappa shape index (κ2) is 9.53. The number of ether oxygens (including phenoxy) is 1. The van der Waals surface area contributed by atoms with Crippen molar-refractivity contribution in [2.75, 3.05) is 19.8 Å². The fourth-order valence-corrected chi connectivity index (χ4v) is 1.78. The summed E-state index contributed by atoms with van der Waals surface area (Å²) in [5, 5.41) is 12.0. The third kappa shape index (κ3) is 6.36. The van der Waals surface area contributed by atoms with Gasteiger partial charge in [-0.1, -0.05) is 43.7 Å². The van der Waals surface area contributed by atoms with Crippen LogP contribution >= 0.6 is 0 Å². The van der Waals surface area contributed by atoms with Crippen molar-refractivity contribution in [1.82, 2.24) is 5.32 Å². The first kappa shape index (κ1) is 15.7. The summed E-state index contributed by atoms with van der Waals surface area (Å²) in [5.41, 5.74) is 0.999. The van der Waals surface area contributed by atoms with Crippen molar-refractivity contribution in [2.24, 2.45) is 0 Å². The van der Waals surface area contributed by atoms with Gasteiger partial charge in [0, 0.05) is 13.2 Å². The van der Waals surface area contributed by atoms with E-state index in [4.69, 9.17) is 9.84 Å². The summed E-state index contributed by atoms with van der Waals surface area (Å²) in [7, 11) is 0. The highest BCUT2D eigenvalue weighted by molar-refractivity contribution is 5.77. The van der Waals surface area contributed by atoms with E-state index in [2.05, 4.69) is 12.2 Å². The molecule has 106 valence electrons. The lowest BCUT2D eigenvalue weighted by molar-refractivity contribution is -0.126. The van der Waals surface area contributed by atoms with E-state index in [0.29, 0.717) is 13.0 Å². The Hall–Kier alpha value is -1.39. The summed E-state index contributed by atoms with van der Waals surface area (Å²) >= 11 is 0. The number of amides is 1. The van der Waals surface area contributed by atoms with Crippen molar-refractivity contribution in [3.63, 3.8) is 0 Å². The minimum atomic E-state index is -0.159. The second-order valence-corrected chi connectivity index (χ2v) is 4.45. The molecule has 0 aliphatic rings. The molecule has 1 rings (SSSR count). The largest absolute Gasteiger partial charge is 0.396 e. The number of carbonyl (C=O) groups excluding carboxylic acids is 1. The first-order chi connectivity index (χ1) is 9.27. The average Bonchev–Trinajstić information content (AvgIpc) is 2.44. The summed E-state index contributed by atoms with van der Waals surface area (Å²) in [4.78, 5) is 11.7. The number of unbranched alkanes of at least 4 members (excludes halogenated alkanes) is 1. The number of nitrogens with one attached hydrogen (secondary N) is 1. The van der Waals surface area contributed by atoms with Crippen LogP contribution in [0.25, 0.3) is 0 Å². The molecule has 1 atom stereocenters. The molecule has 0 saturated heterocycles. The van der Waals surface area contributed by atoms with Gasteiger partial charge in [0.05, 0.1) is 6.04 Å². The number of benzene rings is 1. The van der Waals surface area contributed by atoms with Crippen molar-refractivity contribution < 1.29 is 14.6 Å². The van der Waals surface area contributed by atoms with Crippen LogP contribution in [0.15, 0.2) is 30.3 Å². The number of aliphatic hydroxyl groups excluding tert-OH is 1. The van der Waals surface area contributed by atoms with Gasteiger partial charge in [0.2, 0.25) is 5.91 Å². The molecule has 0 radical (unpaired) electrons. The molecular formula is C15H23NO3. The van der Waals surface area contributed by atoms with Crippen LogP contribution in [-0.2, 0) is 9.53 Å². The van der Waals surface area contributed by atoms with Gasteiger partial charge in [0.1, 0.15) is 6.61 Å². The molecule has 1 aromatic rings. The van der Waals surface area contributed by atoms with E-state index in [1.807, 2.05) is 30.3 Å². The monoisotopic (exact) mass is 265 g/mol. The lowest BCUT2D eigenvalue weighted by atomic mass is 10.0. The van der Waals surface area contributed by atoms with Gasteiger partial charge >= 0.3 is 0 Å². The molecule has 0 aliphatic carbocycles. The zero-order valence-corrected chi connectivity index (χ0v) is 11.5. The van der Waals surface area contributed by atoms with Gasteiger partial charge in [-0.05, 0) is 18.4 Å². The Labute approximate surface area is 114 Å². The van der Waals surface area contributed by atoms with E-state index >= 15 is 0 Å². The van der Waals surface area contributed by atoms with Crippen molar-refractivity contribution >= 4 is 5.91 Å². The highest BCUT2D eigenvalue weighted by Gasteiger charge is 2.13. The normalized spacial score (nSPS) is 12.1. The Balaban J connectivity index is 2.43. The van der Waals surface area contributed by atoms with Crippen LogP contribution in [0.2, 0.25) is 0 Å². The third-order valence-corrected chi connectivity index (χ3v) is 2.83. The fraction of sp³-hybridized carbons (Fsp3) is 0.533. The Morgan fingerprint density at radius 2 is 2.11 bits per heavy atom. The first-order valence-electron chi connectivity index (χ1n) is 6.80. The molecular weight excluding hydrogens is 242 g/mol. The number of hydrogen-bond acceptors (Lipinski definition) is 3. The van der Waals surface area contributed by atoms with Gasteiger partial charge in [0.15, 0.2) is 0 Å². The summed E-state index contributed by atoms with van der Waals surface area (Å²) in [6.07, 6.45) is 2.52. The molecule has 4 nitrogen and oxygen atoms in total. The molecule has 4 heteroatoms. The highest BCUT2D eigenvalue weighted by Crippen LogP contribution is 2.15.